The third-order valence-corrected chi connectivity index (χ3v) is 6.87. The predicted molar refractivity (Wildman–Crippen MR) is 71.1 cm³/mol. The van der Waals surface area contributed by atoms with Crippen molar-refractivity contribution in [2.75, 3.05) is 12.4 Å². The molecule has 84 valence electrons. The summed E-state index contributed by atoms with van der Waals surface area (Å²) < 4.78 is 11.3. The summed E-state index contributed by atoms with van der Waals surface area (Å²) in [5.74, 6) is 1.69. The van der Waals surface area contributed by atoms with Gasteiger partial charge >= 0.3 is 0 Å². The first-order chi connectivity index (χ1) is 7.20. The fraction of sp³-hybridized carbons (Fsp3) is 0.400. The van der Waals surface area contributed by atoms with Crippen molar-refractivity contribution in [3.63, 3.8) is 0 Å². The van der Waals surface area contributed by atoms with Crippen molar-refractivity contribution in [1.82, 2.24) is 0 Å². The predicted octanol–water partition coefficient (Wildman–Crippen LogP) is 4.08. The van der Waals surface area contributed by atoms with E-state index in [0.29, 0.717) is 6.61 Å². The summed E-state index contributed by atoms with van der Waals surface area (Å²) in [7, 11) is 0. The van der Waals surface area contributed by atoms with Crippen LogP contribution >= 0.6 is 17.1 Å². The maximum absolute atomic E-state index is 5.75. The molecule has 0 saturated carbocycles. The lowest BCUT2D eigenvalue weighted by atomic mass is 10.3. The summed E-state index contributed by atoms with van der Waals surface area (Å²) in [4.78, 5) is 0. The van der Waals surface area contributed by atoms with Crippen LogP contribution in [0.2, 0.25) is 0 Å². The van der Waals surface area contributed by atoms with Crippen molar-refractivity contribution in [2.24, 2.45) is 0 Å². The van der Waals surface area contributed by atoms with Gasteiger partial charge in [-0.2, -0.15) is 0 Å². The lowest BCUT2D eigenvalue weighted by Crippen LogP contribution is -1.94. The molecule has 1 atom stereocenters. The molecule has 0 spiro atoms. The van der Waals surface area contributed by atoms with E-state index in [4.69, 9.17) is 20.9 Å². The van der Waals surface area contributed by atoms with E-state index in [-0.39, 0.29) is 0 Å². The number of rotatable bonds is 6. The van der Waals surface area contributed by atoms with E-state index in [0.717, 1.165) is 11.5 Å². The lowest BCUT2D eigenvalue weighted by molar-refractivity contribution is 0.344. The summed E-state index contributed by atoms with van der Waals surface area (Å²) in [5, 5.41) is 0. The Morgan fingerprint density at radius 1 is 1.27 bits per heavy atom. The molecule has 0 radical (unpaired) electrons. The lowest BCUT2D eigenvalue weighted by Gasteiger charge is -2.20. The molecule has 0 aromatic heterocycles. The molecule has 0 N–H and O–H groups in total. The molecule has 0 fully saturated rings. The highest BCUT2D eigenvalue weighted by atomic mass is 32.9. The molecule has 0 saturated heterocycles. The van der Waals surface area contributed by atoms with Crippen LogP contribution in [0, 0.1) is 0 Å². The quantitative estimate of drug-likeness (QED) is 0.719. The minimum atomic E-state index is -2.19. The van der Waals surface area contributed by atoms with E-state index in [2.05, 4.69) is 6.92 Å². The maximum Gasteiger partial charge on any atom is 0.297 e. The number of para-hydroxylation sites is 1. The van der Waals surface area contributed by atoms with Gasteiger partial charge in [0.15, 0.2) is 0 Å². The number of hydrogen-bond acceptors (Lipinski definition) is 4. The Kier molecular flexibility index (Phi) is 5.69. The molecule has 1 aromatic rings. The van der Waals surface area contributed by atoms with Crippen molar-refractivity contribution < 1.29 is 9.05 Å². The molecule has 0 aliphatic heterocycles. The van der Waals surface area contributed by atoms with Gasteiger partial charge in [-0.1, -0.05) is 36.5 Å². The topological polar surface area (TPSA) is 18.5 Å². The molecule has 1 rings (SSSR count). The zero-order valence-electron chi connectivity index (χ0n) is 8.88. The SMILES string of the molecule is CCOP(=S)(Oc1ccccc1)SCC. The second kappa shape index (κ2) is 6.54. The molecule has 0 aliphatic carbocycles. The summed E-state index contributed by atoms with van der Waals surface area (Å²) in [6.45, 7) is 4.59. The Balaban J connectivity index is 2.71. The van der Waals surface area contributed by atoms with Gasteiger partial charge in [-0.3, -0.25) is 0 Å². The van der Waals surface area contributed by atoms with Crippen LogP contribution in [-0.2, 0) is 16.3 Å². The van der Waals surface area contributed by atoms with E-state index < -0.39 is 5.69 Å². The summed E-state index contributed by atoms with van der Waals surface area (Å²) in [6.07, 6.45) is 0. The highest BCUT2D eigenvalue weighted by molar-refractivity contribution is 8.68. The normalized spacial score (nSPS) is 14.5. The van der Waals surface area contributed by atoms with E-state index in [1.807, 2.05) is 37.3 Å². The summed E-state index contributed by atoms with van der Waals surface area (Å²) in [6, 6.07) is 9.60. The maximum atomic E-state index is 5.75. The van der Waals surface area contributed by atoms with Crippen LogP contribution in [0.25, 0.3) is 0 Å². The first-order valence-corrected chi connectivity index (χ1v) is 9.07. The fourth-order valence-electron chi connectivity index (χ4n) is 1.02. The van der Waals surface area contributed by atoms with E-state index >= 15 is 0 Å². The van der Waals surface area contributed by atoms with Crippen molar-refractivity contribution >= 4 is 28.9 Å². The van der Waals surface area contributed by atoms with Crippen LogP contribution in [0.5, 0.6) is 5.75 Å². The van der Waals surface area contributed by atoms with Crippen molar-refractivity contribution in [3.05, 3.63) is 30.3 Å². The van der Waals surface area contributed by atoms with Gasteiger partial charge in [0.1, 0.15) is 5.75 Å². The van der Waals surface area contributed by atoms with Gasteiger partial charge in [0.05, 0.1) is 6.61 Å². The van der Waals surface area contributed by atoms with Crippen LogP contribution in [0.1, 0.15) is 13.8 Å². The van der Waals surface area contributed by atoms with Gasteiger partial charge in [-0.25, -0.2) is 0 Å². The van der Waals surface area contributed by atoms with Gasteiger partial charge in [-0.05, 0) is 30.9 Å². The largest absolute Gasteiger partial charge is 0.436 e. The van der Waals surface area contributed by atoms with E-state index in [1.54, 1.807) is 11.4 Å². The monoisotopic (exact) mass is 262 g/mol. The zero-order valence-corrected chi connectivity index (χ0v) is 11.4. The molecule has 0 amide bonds. The molecule has 0 aliphatic rings. The van der Waals surface area contributed by atoms with Crippen molar-refractivity contribution in [1.29, 1.82) is 0 Å². The van der Waals surface area contributed by atoms with Crippen LogP contribution in [0.3, 0.4) is 0 Å². The van der Waals surface area contributed by atoms with E-state index in [9.17, 15) is 0 Å². The standard InChI is InChI=1S/C10H15O2PS2/c1-3-11-13(14,15-4-2)12-10-8-6-5-7-9-10/h5-9H,3-4H2,1-2H3. The Bertz CT molecular complexity index is 319. The first-order valence-electron chi connectivity index (χ1n) is 4.84. The average Bonchev–Trinajstić information content (AvgIpc) is 2.19. The molecule has 0 bridgehead atoms. The third-order valence-electron chi connectivity index (χ3n) is 1.53. The Morgan fingerprint density at radius 2 is 1.93 bits per heavy atom. The van der Waals surface area contributed by atoms with Crippen LogP contribution in [0.15, 0.2) is 30.3 Å². The molecule has 0 heterocycles. The highest BCUT2D eigenvalue weighted by Crippen LogP contribution is 2.60. The molecular weight excluding hydrogens is 247 g/mol. The highest BCUT2D eigenvalue weighted by Gasteiger charge is 2.19. The Hall–Kier alpha value is -0.0200. The minimum absolute atomic E-state index is 0.594. The van der Waals surface area contributed by atoms with Crippen molar-refractivity contribution in [3.8, 4) is 5.75 Å². The summed E-state index contributed by atoms with van der Waals surface area (Å²) in [5.41, 5.74) is -2.19. The Labute approximate surface area is 100 Å². The second-order valence-corrected chi connectivity index (χ2v) is 9.21. The first kappa shape index (κ1) is 13.0. The van der Waals surface area contributed by atoms with Gasteiger partial charge in [0.2, 0.25) is 0 Å². The van der Waals surface area contributed by atoms with Gasteiger partial charge < -0.3 is 9.05 Å². The van der Waals surface area contributed by atoms with E-state index in [1.165, 1.54) is 0 Å². The van der Waals surface area contributed by atoms with Crippen LogP contribution in [0.4, 0.5) is 0 Å². The molecule has 2 nitrogen and oxygen atoms in total. The zero-order chi connectivity index (χ0) is 11.1. The van der Waals surface area contributed by atoms with Gasteiger partial charge in [0.25, 0.3) is 5.69 Å². The van der Waals surface area contributed by atoms with Crippen LogP contribution < -0.4 is 4.52 Å². The van der Waals surface area contributed by atoms with Crippen LogP contribution in [-0.4, -0.2) is 12.4 Å². The number of hydrogen-bond donors (Lipinski definition) is 0. The second-order valence-electron chi connectivity index (χ2n) is 2.69. The van der Waals surface area contributed by atoms with Crippen molar-refractivity contribution in [2.45, 2.75) is 13.8 Å². The smallest absolute Gasteiger partial charge is 0.297 e. The number of benzene rings is 1. The molecule has 1 aromatic carbocycles. The summed E-state index contributed by atoms with van der Waals surface area (Å²) >= 11 is 6.99. The molecule has 15 heavy (non-hydrogen) atoms. The van der Waals surface area contributed by atoms with Gasteiger partial charge in [-0.15, -0.1) is 0 Å². The molecular formula is C10H15O2PS2. The fourth-order valence-corrected chi connectivity index (χ4v) is 5.64. The molecule has 1 unspecified atom stereocenters. The molecule has 5 heteroatoms. The minimum Gasteiger partial charge on any atom is -0.436 e. The Morgan fingerprint density at radius 3 is 2.47 bits per heavy atom. The average molecular weight is 262 g/mol. The van der Waals surface area contributed by atoms with Gasteiger partial charge in [0, 0.05) is 5.75 Å². The third kappa shape index (κ3) is 4.56.